The molecule has 0 amide bonds. The van der Waals surface area contributed by atoms with Gasteiger partial charge >= 0.3 is 6.18 Å². The van der Waals surface area contributed by atoms with Crippen LogP contribution in [0.25, 0.3) is 16.5 Å². The predicted molar refractivity (Wildman–Crippen MR) is 69.9 cm³/mol. The van der Waals surface area contributed by atoms with E-state index in [2.05, 4.69) is 11.2 Å². The summed E-state index contributed by atoms with van der Waals surface area (Å²) in [6, 6.07) is 14.6. The van der Waals surface area contributed by atoms with Crippen LogP contribution < -0.4 is 0 Å². The summed E-state index contributed by atoms with van der Waals surface area (Å²) in [6.45, 7) is 0. The summed E-state index contributed by atoms with van der Waals surface area (Å²) < 4.78 is 38.8. The second kappa shape index (κ2) is 4.52. The van der Waals surface area contributed by atoms with Crippen molar-refractivity contribution in [1.29, 1.82) is 0 Å². The van der Waals surface area contributed by atoms with Crippen molar-refractivity contribution in [1.82, 2.24) is 9.78 Å². The zero-order chi connectivity index (χ0) is 14.3. The normalized spacial score (nSPS) is 12.0. The highest BCUT2D eigenvalue weighted by Crippen LogP contribution is 2.31. The molecule has 0 atom stereocenters. The lowest BCUT2D eigenvalue weighted by molar-refractivity contribution is -0.141. The van der Waals surface area contributed by atoms with Gasteiger partial charge in [0.2, 0.25) is 0 Å². The largest absolute Gasteiger partial charge is 0.435 e. The maximum Gasteiger partial charge on any atom is 0.435 e. The Labute approximate surface area is 117 Å². The Morgan fingerprint density at radius 2 is 1.85 bits per heavy atom. The van der Waals surface area contributed by atoms with Gasteiger partial charge in [-0.25, -0.2) is 4.68 Å². The minimum atomic E-state index is -4.52. The van der Waals surface area contributed by atoms with Gasteiger partial charge in [0.25, 0.3) is 0 Å². The second-order valence-electron chi connectivity index (χ2n) is 4.19. The van der Waals surface area contributed by atoms with Gasteiger partial charge in [-0.1, -0.05) is 41.9 Å². The summed E-state index contributed by atoms with van der Waals surface area (Å²) in [4.78, 5) is 0. The Morgan fingerprint density at radius 3 is 2.55 bits per heavy atom. The lowest BCUT2D eigenvalue weighted by Gasteiger charge is -2.05. The molecule has 0 saturated heterocycles. The number of aromatic nitrogens is 2. The van der Waals surface area contributed by atoms with Crippen LogP contribution in [0.5, 0.6) is 0 Å². The Morgan fingerprint density at radius 1 is 1.10 bits per heavy atom. The van der Waals surface area contributed by atoms with E-state index in [0.29, 0.717) is 5.69 Å². The van der Waals surface area contributed by atoms with Crippen molar-refractivity contribution in [3.8, 4) is 5.69 Å². The Bertz CT molecular complexity index is 777. The fraction of sp³-hybridized carbons (Fsp3) is 0.0714. The lowest BCUT2D eigenvalue weighted by Crippen LogP contribution is -2.07. The Balaban J connectivity index is 2.13. The molecule has 2 aromatic carbocycles. The summed E-state index contributed by atoms with van der Waals surface area (Å²) in [7, 11) is 0. The number of fused-ring (bicyclic) bond motifs is 1. The van der Waals surface area contributed by atoms with E-state index in [4.69, 9.17) is 11.6 Å². The highest BCUT2D eigenvalue weighted by molar-refractivity contribution is 6.29. The van der Waals surface area contributed by atoms with Crippen LogP contribution >= 0.6 is 11.6 Å². The fourth-order valence-corrected chi connectivity index (χ4v) is 2.13. The molecule has 2 nitrogen and oxygen atoms in total. The van der Waals surface area contributed by atoms with Crippen LogP contribution in [-0.2, 0) is 6.18 Å². The molecular formula is C14H7ClF3N2. The third kappa shape index (κ3) is 2.25. The number of nitrogens with zero attached hydrogens (tertiary/aromatic N) is 2. The van der Waals surface area contributed by atoms with Gasteiger partial charge in [-0.15, -0.1) is 0 Å². The van der Waals surface area contributed by atoms with E-state index in [-0.39, 0.29) is 5.15 Å². The first-order valence-electron chi connectivity index (χ1n) is 5.69. The van der Waals surface area contributed by atoms with Crippen molar-refractivity contribution in [2.45, 2.75) is 6.18 Å². The topological polar surface area (TPSA) is 17.8 Å². The fourth-order valence-electron chi connectivity index (χ4n) is 1.89. The molecule has 3 rings (SSSR count). The molecule has 0 fully saturated rings. The quantitative estimate of drug-likeness (QED) is 0.646. The third-order valence-corrected chi connectivity index (χ3v) is 3.10. The highest BCUT2D eigenvalue weighted by Gasteiger charge is 2.34. The van der Waals surface area contributed by atoms with Crippen molar-refractivity contribution in [2.24, 2.45) is 0 Å². The van der Waals surface area contributed by atoms with Gasteiger partial charge in [-0.05, 0) is 16.8 Å². The van der Waals surface area contributed by atoms with Crippen LogP contribution in [0.4, 0.5) is 13.2 Å². The maximum atomic E-state index is 12.6. The Kier molecular flexibility index (Phi) is 2.94. The van der Waals surface area contributed by atoms with Gasteiger partial charge in [0.1, 0.15) is 5.15 Å². The van der Waals surface area contributed by atoms with Gasteiger partial charge < -0.3 is 0 Å². The van der Waals surface area contributed by atoms with Gasteiger partial charge in [-0.3, -0.25) is 0 Å². The first-order chi connectivity index (χ1) is 9.45. The van der Waals surface area contributed by atoms with E-state index >= 15 is 0 Å². The van der Waals surface area contributed by atoms with Crippen molar-refractivity contribution in [3.63, 3.8) is 0 Å². The van der Waals surface area contributed by atoms with Crippen molar-refractivity contribution >= 4 is 22.4 Å². The summed E-state index contributed by atoms with van der Waals surface area (Å²) >= 11 is 5.82. The molecule has 3 aromatic rings. The van der Waals surface area contributed by atoms with Crippen LogP contribution in [0.15, 0.2) is 42.5 Å². The average Bonchev–Trinajstić information content (AvgIpc) is 2.80. The van der Waals surface area contributed by atoms with Gasteiger partial charge in [0.05, 0.1) is 5.69 Å². The van der Waals surface area contributed by atoms with Crippen LogP contribution in [0.2, 0.25) is 5.15 Å². The smallest absolute Gasteiger partial charge is 0.221 e. The van der Waals surface area contributed by atoms with Crippen LogP contribution in [0.1, 0.15) is 5.69 Å². The van der Waals surface area contributed by atoms with Crippen LogP contribution in [0, 0.1) is 6.07 Å². The summed E-state index contributed by atoms with van der Waals surface area (Å²) in [5, 5.41) is 5.10. The molecule has 0 aliphatic rings. The molecule has 0 spiro atoms. The number of benzene rings is 2. The zero-order valence-electron chi connectivity index (χ0n) is 9.95. The van der Waals surface area contributed by atoms with E-state index in [0.717, 1.165) is 21.5 Å². The molecule has 0 aliphatic carbocycles. The number of hydrogen-bond donors (Lipinski definition) is 0. The minimum Gasteiger partial charge on any atom is -0.221 e. The van der Waals surface area contributed by atoms with Crippen molar-refractivity contribution < 1.29 is 13.2 Å². The molecule has 101 valence electrons. The van der Waals surface area contributed by atoms with Crippen LogP contribution in [0.3, 0.4) is 0 Å². The first-order valence-corrected chi connectivity index (χ1v) is 6.07. The van der Waals surface area contributed by atoms with Crippen LogP contribution in [-0.4, -0.2) is 9.78 Å². The number of halogens is 4. The lowest BCUT2D eigenvalue weighted by atomic mass is 10.1. The molecule has 1 aromatic heterocycles. The van der Waals surface area contributed by atoms with Gasteiger partial charge in [0.15, 0.2) is 5.69 Å². The van der Waals surface area contributed by atoms with E-state index < -0.39 is 11.9 Å². The maximum absolute atomic E-state index is 12.6. The number of hydrogen-bond acceptors (Lipinski definition) is 1. The highest BCUT2D eigenvalue weighted by atomic mass is 35.5. The van der Waals surface area contributed by atoms with E-state index in [1.54, 1.807) is 12.1 Å². The molecule has 6 heteroatoms. The summed E-state index contributed by atoms with van der Waals surface area (Å²) in [6.07, 6.45) is -4.52. The molecule has 0 unspecified atom stereocenters. The molecule has 0 N–H and O–H groups in total. The minimum absolute atomic E-state index is 0.108. The van der Waals surface area contributed by atoms with Gasteiger partial charge in [-0.2, -0.15) is 18.3 Å². The monoisotopic (exact) mass is 295 g/mol. The van der Waals surface area contributed by atoms with E-state index in [9.17, 15) is 13.2 Å². The van der Waals surface area contributed by atoms with E-state index in [1.165, 1.54) is 0 Å². The molecule has 0 saturated carbocycles. The molecule has 0 bridgehead atoms. The zero-order valence-corrected chi connectivity index (χ0v) is 10.7. The standard InChI is InChI=1S/C14H7ClF3N2/c15-13-8-12(14(16,17)18)19-20(13)11-6-5-9-3-1-2-4-10(9)7-11/h1-6,8H. The number of alkyl halides is 3. The van der Waals surface area contributed by atoms with Gasteiger partial charge in [0, 0.05) is 12.1 Å². The summed E-state index contributed by atoms with van der Waals surface area (Å²) in [5.41, 5.74) is -0.659. The summed E-state index contributed by atoms with van der Waals surface area (Å²) in [5.74, 6) is 0. The molecular weight excluding hydrogens is 289 g/mol. The SMILES string of the molecule is FC(F)(F)c1cc(Cl)n(-c2[c]c3ccccc3cc2)n1. The molecule has 1 heterocycles. The first kappa shape index (κ1) is 13.0. The second-order valence-corrected chi connectivity index (χ2v) is 4.58. The number of rotatable bonds is 1. The van der Waals surface area contributed by atoms with E-state index in [1.807, 2.05) is 24.3 Å². The Hall–Kier alpha value is -2.01. The predicted octanol–water partition coefficient (Wildman–Crippen LogP) is 4.50. The molecule has 1 radical (unpaired) electrons. The molecule has 0 aliphatic heterocycles. The van der Waals surface area contributed by atoms with Crippen molar-refractivity contribution in [3.05, 3.63) is 59.4 Å². The molecule has 20 heavy (non-hydrogen) atoms. The van der Waals surface area contributed by atoms with Crippen molar-refractivity contribution in [2.75, 3.05) is 0 Å². The third-order valence-electron chi connectivity index (χ3n) is 2.83. The average molecular weight is 296 g/mol.